The predicted octanol–water partition coefficient (Wildman–Crippen LogP) is 5.86. The number of rotatable bonds is 8. The van der Waals surface area contributed by atoms with Gasteiger partial charge < -0.3 is 9.57 Å². The highest BCUT2D eigenvalue weighted by molar-refractivity contribution is 7.88. The maximum absolute atomic E-state index is 15.6. The Hall–Kier alpha value is -2.68. The number of piperidine rings is 1. The van der Waals surface area contributed by atoms with E-state index < -0.39 is 49.7 Å². The number of halogens is 7. The highest BCUT2D eigenvalue weighted by Gasteiger charge is 2.46. The van der Waals surface area contributed by atoms with Crippen molar-refractivity contribution in [3.05, 3.63) is 62.6 Å². The summed E-state index contributed by atoms with van der Waals surface area (Å²) in [5.41, 5.74) is -0.293. The number of hydrogen-bond donors (Lipinski definition) is 0. The third kappa shape index (κ3) is 7.63. The van der Waals surface area contributed by atoms with Crippen molar-refractivity contribution >= 4 is 45.1 Å². The van der Waals surface area contributed by atoms with Crippen LogP contribution >= 0.6 is 23.2 Å². The van der Waals surface area contributed by atoms with Gasteiger partial charge in [0.2, 0.25) is 0 Å². The first-order valence-electron chi connectivity index (χ1n) is 12.7. The molecule has 16 heteroatoms. The van der Waals surface area contributed by atoms with Gasteiger partial charge in [0.15, 0.2) is 0 Å². The summed E-state index contributed by atoms with van der Waals surface area (Å²) in [4.78, 5) is 29.9. The van der Waals surface area contributed by atoms with Gasteiger partial charge in [-0.3, -0.25) is 9.69 Å². The SMILES string of the molecule is CS(=O)(=O)N(OC(=O)C(F)(F)F)C(=O)c1ccc(OCC2CCN(Cc3cc(F)c(Cl)cc3Cl)CC2)c(C2CC2)c1F. The average Bonchev–Trinajstić information content (AvgIpc) is 3.73. The largest absolute Gasteiger partial charge is 0.493 e. The Balaban J connectivity index is 1.43. The van der Waals surface area contributed by atoms with E-state index in [1.165, 1.54) is 18.2 Å². The lowest BCUT2D eigenvalue weighted by Gasteiger charge is -2.32. The van der Waals surface area contributed by atoms with Crippen LogP contribution in [0.1, 0.15) is 53.1 Å². The molecule has 1 aliphatic carbocycles. The molecule has 0 spiro atoms. The average molecular weight is 659 g/mol. The second-order valence-corrected chi connectivity index (χ2v) is 12.8. The van der Waals surface area contributed by atoms with E-state index in [9.17, 15) is 35.6 Å². The van der Waals surface area contributed by atoms with Crippen LogP contribution in [0.15, 0.2) is 24.3 Å². The second-order valence-electron chi connectivity index (χ2n) is 10.2. The molecule has 8 nitrogen and oxygen atoms in total. The number of nitrogens with zero attached hydrogens (tertiary/aromatic N) is 2. The molecule has 1 aliphatic heterocycles. The van der Waals surface area contributed by atoms with Crippen LogP contribution in [0, 0.1) is 17.6 Å². The van der Waals surface area contributed by atoms with Gasteiger partial charge in [0, 0.05) is 17.1 Å². The van der Waals surface area contributed by atoms with E-state index in [0.717, 1.165) is 6.07 Å². The Morgan fingerprint density at radius 2 is 1.69 bits per heavy atom. The quantitative estimate of drug-likeness (QED) is 0.199. The molecule has 2 aromatic rings. The molecule has 1 saturated carbocycles. The molecule has 2 aromatic carbocycles. The molecule has 1 saturated heterocycles. The molecule has 1 heterocycles. The molecule has 0 atom stereocenters. The fourth-order valence-electron chi connectivity index (χ4n) is 4.55. The van der Waals surface area contributed by atoms with Gasteiger partial charge in [0.25, 0.3) is 10.0 Å². The first-order chi connectivity index (χ1) is 19.6. The number of hydrogen-bond acceptors (Lipinski definition) is 7. The molecule has 4 rings (SSSR count). The van der Waals surface area contributed by atoms with Crippen LogP contribution in [0.3, 0.4) is 0 Å². The van der Waals surface area contributed by atoms with Crippen LogP contribution in [-0.4, -0.2) is 61.8 Å². The van der Waals surface area contributed by atoms with Gasteiger partial charge in [-0.25, -0.2) is 22.0 Å². The smallest absolute Gasteiger partial charge is 0.493 e. The summed E-state index contributed by atoms with van der Waals surface area (Å²) in [6.07, 6.45) is -2.75. The van der Waals surface area contributed by atoms with Crippen molar-refractivity contribution in [3.63, 3.8) is 0 Å². The van der Waals surface area contributed by atoms with E-state index >= 15 is 4.39 Å². The Kier molecular flexibility index (Phi) is 9.60. The summed E-state index contributed by atoms with van der Waals surface area (Å²) in [6.45, 7) is 1.94. The van der Waals surface area contributed by atoms with Crippen LogP contribution in [0.4, 0.5) is 22.0 Å². The van der Waals surface area contributed by atoms with Crippen LogP contribution in [-0.2, 0) is 26.2 Å². The van der Waals surface area contributed by atoms with Gasteiger partial charge >= 0.3 is 18.1 Å². The van der Waals surface area contributed by atoms with E-state index in [-0.39, 0.29) is 34.8 Å². The first kappa shape index (κ1) is 32.2. The minimum absolute atomic E-state index is 0.00621. The molecule has 42 heavy (non-hydrogen) atoms. The van der Waals surface area contributed by atoms with Crippen molar-refractivity contribution in [2.24, 2.45) is 5.92 Å². The standard InChI is InChI=1S/C26H25Cl2F5N2O6S/c1-42(38,39)35(41-25(37)26(31,32)33)24(36)17-4-5-21(22(23(17)30)15-2-3-15)40-13-14-6-8-34(9-7-14)12-16-10-20(29)19(28)11-18(16)27/h4-5,10-11,14-15H,2-3,6-9,12-13H2,1H3. The molecule has 230 valence electrons. The molecular formula is C26H25Cl2F5N2O6S. The topological polar surface area (TPSA) is 93.2 Å². The molecule has 0 bridgehead atoms. The third-order valence-electron chi connectivity index (χ3n) is 6.89. The lowest BCUT2D eigenvalue weighted by atomic mass is 9.97. The van der Waals surface area contributed by atoms with E-state index in [4.69, 9.17) is 27.9 Å². The highest BCUT2D eigenvalue weighted by Crippen LogP contribution is 2.46. The van der Waals surface area contributed by atoms with E-state index in [0.29, 0.717) is 62.2 Å². The van der Waals surface area contributed by atoms with Crippen LogP contribution in [0.2, 0.25) is 10.0 Å². The lowest BCUT2D eigenvalue weighted by Crippen LogP contribution is -2.42. The fourth-order valence-corrected chi connectivity index (χ4v) is 5.59. The Labute approximate surface area is 248 Å². The number of alkyl halides is 3. The van der Waals surface area contributed by atoms with Crippen LogP contribution in [0.5, 0.6) is 5.75 Å². The summed E-state index contributed by atoms with van der Waals surface area (Å²) >= 11 is 11.9. The monoisotopic (exact) mass is 658 g/mol. The third-order valence-corrected chi connectivity index (χ3v) is 8.37. The maximum Gasteiger partial charge on any atom is 0.493 e. The zero-order valence-corrected chi connectivity index (χ0v) is 24.3. The first-order valence-corrected chi connectivity index (χ1v) is 15.3. The summed E-state index contributed by atoms with van der Waals surface area (Å²) in [5, 5.41) is 0.304. The van der Waals surface area contributed by atoms with Gasteiger partial charge in [-0.1, -0.05) is 27.7 Å². The number of hydroxylamine groups is 1. The van der Waals surface area contributed by atoms with Crippen molar-refractivity contribution < 1.29 is 49.5 Å². The fraction of sp³-hybridized carbons (Fsp3) is 0.462. The molecule has 0 unspecified atom stereocenters. The zero-order valence-electron chi connectivity index (χ0n) is 22.0. The van der Waals surface area contributed by atoms with Gasteiger partial charge in [-0.15, -0.1) is 0 Å². The predicted molar refractivity (Wildman–Crippen MR) is 141 cm³/mol. The number of carbonyl (C=O) groups excluding carboxylic acids is 2. The zero-order chi connectivity index (χ0) is 31.0. The molecule has 0 aromatic heterocycles. The van der Waals surface area contributed by atoms with E-state index in [2.05, 4.69) is 9.74 Å². The van der Waals surface area contributed by atoms with Gasteiger partial charge in [-0.2, -0.15) is 13.2 Å². The molecule has 0 N–H and O–H groups in total. The number of ether oxygens (including phenoxy) is 1. The Morgan fingerprint density at radius 1 is 1.05 bits per heavy atom. The molecule has 1 amide bonds. The van der Waals surface area contributed by atoms with Crippen molar-refractivity contribution in [2.75, 3.05) is 26.0 Å². The molecular weight excluding hydrogens is 634 g/mol. The molecule has 0 radical (unpaired) electrons. The Bertz CT molecular complexity index is 1480. The maximum atomic E-state index is 15.6. The van der Waals surface area contributed by atoms with Gasteiger partial charge in [-0.05, 0) is 80.4 Å². The van der Waals surface area contributed by atoms with Gasteiger partial charge in [0.1, 0.15) is 17.4 Å². The van der Waals surface area contributed by atoms with E-state index in [1.807, 2.05) is 0 Å². The van der Waals surface area contributed by atoms with Crippen LogP contribution < -0.4 is 4.74 Å². The highest BCUT2D eigenvalue weighted by atomic mass is 35.5. The summed E-state index contributed by atoms with van der Waals surface area (Å²) in [7, 11) is -4.86. The van der Waals surface area contributed by atoms with Crippen molar-refractivity contribution in [1.82, 2.24) is 9.37 Å². The minimum atomic E-state index is -5.60. The van der Waals surface area contributed by atoms with Gasteiger partial charge in [0.05, 0.1) is 23.4 Å². The van der Waals surface area contributed by atoms with Crippen molar-refractivity contribution in [1.29, 1.82) is 0 Å². The van der Waals surface area contributed by atoms with Crippen molar-refractivity contribution in [3.8, 4) is 5.75 Å². The minimum Gasteiger partial charge on any atom is -0.493 e. The number of amides is 1. The second kappa shape index (κ2) is 12.5. The number of likely N-dealkylation sites (tertiary alicyclic amines) is 1. The summed E-state index contributed by atoms with van der Waals surface area (Å²) in [5.74, 6) is -6.62. The summed E-state index contributed by atoms with van der Waals surface area (Å²) in [6, 6.07) is 4.77. The van der Waals surface area contributed by atoms with Crippen molar-refractivity contribution in [2.45, 2.75) is 44.3 Å². The molecule has 2 fully saturated rings. The number of sulfonamides is 1. The molecule has 2 aliphatic rings. The number of carbonyl (C=O) groups is 2. The normalized spacial score (nSPS) is 16.8. The van der Waals surface area contributed by atoms with E-state index in [1.54, 1.807) is 0 Å². The number of benzene rings is 2. The summed E-state index contributed by atoms with van der Waals surface area (Å²) < 4.78 is 96.4. The Morgan fingerprint density at radius 3 is 2.26 bits per heavy atom. The van der Waals surface area contributed by atoms with Crippen LogP contribution in [0.25, 0.3) is 0 Å². The lowest BCUT2D eigenvalue weighted by molar-refractivity contribution is -0.216.